The number of aromatic nitrogens is 3. The number of furan rings is 1. The molecule has 3 rings (SSSR count). The van der Waals surface area contributed by atoms with Gasteiger partial charge in [0.05, 0.1) is 19.4 Å². The van der Waals surface area contributed by atoms with E-state index in [0.29, 0.717) is 6.61 Å². The Hall–Kier alpha value is -1.66. The minimum absolute atomic E-state index is 0.00818. The van der Waals surface area contributed by atoms with Crippen LogP contribution in [0.5, 0.6) is 0 Å². The number of ether oxygens (including phenoxy) is 1. The second-order valence-corrected chi connectivity index (χ2v) is 4.65. The highest BCUT2D eigenvalue weighted by molar-refractivity contribution is 5.00. The van der Waals surface area contributed by atoms with E-state index in [0.717, 1.165) is 37.8 Å². The van der Waals surface area contributed by atoms with Gasteiger partial charge in [-0.1, -0.05) is 0 Å². The van der Waals surface area contributed by atoms with Crippen LogP contribution in [0.1, 0.15) is 24.6 Å². The molecule has 0 aromatic carbocycles. The van der Waals surface area contributed by atoms with Crippen LogP contribution >= 0.6 is 0 Å². The molecule has 19 heavy (non-hydrogen) atoms. The Balaban J connectivity index is 1.68. The molecule has 1 saturated heterocycles. The van der Waals surface area contributed by atoms with Crippen molar-refractivity contribution in [3.63, 3.8) is 0 Å². The zero-order chi connectivity index (χ0) is 13.1. The van der Waals surface area contributed by atoms with Crippen molar-refractivity contribution in [2.24, 2.45) is 0 Å². The van der Waals surface area contributed by atoms with Gasteiger partial charge < -0.3 is 13.7 Å². The van der Waals surface area contributed by atoms with Crippen LogP contribution in [0.15, 0.2) is 29.1 Å². The largest absolute Gasteiger partial charge is 0.468 e. The molecule has 0 amide bonds. The molecule has 2 aromatic heterocycles. The third-order valence-corrected chi connectivity index (χ3v) is 3.38. The molecule has 0 bridgehead atoms. The van der Waals surface area contributed by atoms with E-state index in [-0.39, 0.29) is 6.10 Å². The molecule has 0 aliphatic carbocycles. The molecule has 0 saturated carbocycles. The lowest BCUT2D eigenvalue weighted by Crippen LogP contribution is -2.38. The predicted octanol–water partition coefficient (Wildman–Crippen LogP) is 1.46. The fourth-order valence-electron chi connectivity index (χ4n) is 2.38. The normalized spacial score (nSPS) is 20.8. The Morgan fingerprint density at radius 3 is 3.21 bits per heavy atom. The lowest BCUT2D eigenvalue weighted by Gasteiger charge is -2.31. The molecule has 1 aliphatic rings. The highest BCUT2D eigenvalue weighted by Gasteiger charge is 2.26. The molecule has 6 nitrogen and oxygen atoms in total. The van der Waals surface area contributed by atoms with Crippen LogP contribution in [-0.4, -0.2) is 39.4 Å². The van der Waals surface area contributed by atoms with Gasteiger partial charge in [0, 0.05) is 19.6 Å². The molecule has 102 valence electrons. The first-order chi connectivity index (χ1) is 9.36. The van der Waals surface area contributed by atoms with Crippen molar-refractivity contribution in [2.45, 2.75) is 26.1 Å². The first-order valence-corrected chi connectivity index (χ1v) is 6.61. The first kappa shape index (κ1) is 12.4. The van der Waals surface area contributed by atoms with Crippen LogP contribution in [0.3, 0.4) is 0 Å². The van der Waals surface area contributed by atoms with Gasteiger partial charge in [0.2, 0.25) is 0 Å². The van der Waals surface area contributed by atoms with E-state index in [1.165, 1.54) is 0 Å². The Kier molecular flexibility index (Phi) is 3.61. The van der Waals surface area contributed by atoms with E-state index in [1.807, 2.05) is 16.7 Å². The maximum Gasteiger partial charge on any atom is 0.163 e. The van der Waals surface area contributed by atoms with Gasteiger partial charge in [-0.05, 0) is 19.1 Å². The van der Waals surface area contributed by atoms with Crippen LogP contribution in [0.4, 0.5) is 0 Å². The summed E-state index contributed by atoms with van der Waals surface area (Å²) in [7, 11) is 0. The molecule has 0 spiro atoms. The third kappa shape index (κ3) is 2.69. The standard InChI is InChI=1S/C13H18N4O2/c1-2-17-10-14-15-13(17)12-9-16(5-7-19-12)8-11-4-3-6-18-11/h3-4,6,10,12H,2,5,7-9H2,1H3/t12-/m0/s1. The van der Waals surface area contributed by atoms with Gasteiger partial charge in [-0.15, -0.1) is 10.2 Å². The summed E-state index contributed by atoms with van der Waals surface area (Å²) in [5.74, 6) is 1.89. The highest BCUT2D eigenvalue weighted by atomic mass is 16.5. The van der Waals surface area contributed by atoms with E-state index >= 15 is 0 Å². The molecule has 1 aliphatic heterocycles. The van der Waals surface area contributed by atoms with E-state index in [9.17, 15) is 0 Å². The zero-order valence-corrected chi connectivity index (χ0v) is 11.0. The van der Waals surface area contributed by atoms with Crippen molar-refractivity contribution in [1.29, 1.82) is 0 Å². The van der Waals surface area contributed by atoms with Gasteiger partial charge >= 0.3 is 0 Å². The first-order valence-electron chi connectivity index (χ1n) is 6.61. The third-order valence-electron chi connectivity index (χ3n) is 3.38. The second kappa shape index (κ2) is 5.54. The molecule has 1 fully saturated rings. The highest BCUT2D eigenvalue weighted by Crippen LogP contribution is 2.21. The summed E-state index contributed by atoms with van der Waals surface area (Å²) in [5.41, 5.74) is 0. The van der Waals surface area contributed by atoms with Gasteiger partial charge in [-0.2, -0.15) is 0 Å². The molecule has 0 radical (unpaired) electrons. The van der Waals surface area contributed by atoms with Gasteiger partial charge in [0.15, 0.2) is 5.82 Å². The Labute approximate surface area is 112 Å². The summed E-state index contributed by atoms with van der Waals surface area (Å²) in [6.45, 7) is 6.20. The maximum atomic E-state index is 5.82. The Bertz CT molecular complexity index is 508. The maximum absolute atomic E-state index is 5.82. The minimum atomic E-state index is -0.00818. The predicted molar refractivity (Wildman–Crippen MR) is 68.4 cm³/mol. The lowest BCUT2D eigenvalue weighted by atomic mass is 10.2. The van der Waals surface area contributed by atoms with Gasteiger partial charge in [-0.25, -0.2) is 0 Å². The number of rotatable bonds is 4. The molecule has 1 atom stereocenters. The second-order valence-electron chi connectivity index (χ2n) is 4.65. The van der Waals surface area contributed by atoms with Gasteiger partial charge in [0.1, 0.15) is 18.2 Å². The average molecular weight is 262 g/mol. The topological polar surface area (TPSA) is 56.3 Å². The average Bonchev–Trinajstić information content (AvgIpc) is 3.09. The van der Waals surface area contributed by atoms with Crippen LogP contribution in [0.2, 0.25) is 0 Å². The van der Waals surface area contributed by atoms with E-state index in [2.05, 4.69) is 22.0 Å². The summed E-state index contributed by atoms with van der Waals surface area (Å²) < 4.78 is 13.2. The molecule has 0 N–H and O–H groups in total. The van der Waals surface area contributed by atoms with Gasteiger partial charge in [-0.3, -0.25) is 4.90 Å². The van der Waals surface area contributed by atoms with Gasteiger partial charge in [0.25, 0.3) is 0 Å². The SMILES string of the molecule is CCn1cnnc1[C@@H]1CN(Cc2ccco2)CCO1. The molecule has 3 heterocycles. The van der Waals surface area contributed by atoms with Crippen molar-refractivity contribution in [3.8, 4) is 0 Å². The molecule has 0 unspecified atom stereocenters. The summed E-state index contributed by atoms with van der Waals surface area (Å²) >= 11 is 0. The summed E-state index contributed by atoms with van der Waals surface area (Å²) in [6.07, 6.45) is 3.46. The summed E-state index contributed by atoms with van der Waals surface area (Å²) in [5, 5.41) is 8.14. The van der Waals surface area contributed by atoms with Crippen LogP contribution in [0, 0.1) is 0 Å². The van der Waals surface area contributed by atoms with Crippen molar-refractivity contribution in [1.82, 2.24) is 19.7 Å². The summed E-state index contributed by atoms with van der Waals surface area (Å²) in [6, 6.07) is 3.92. The smallest absolute Gasteiger partial charge is 0.163 e. The van der Waals surface area contributed by atoms with Crippen molar-refractivity contribution >= 4 is 0 Å². The van der Waals surface area contributed by atoms with Crippen LogP contribution < -0.4 is 0 Å². The number of aryl methyl sites for hydroxylation is 1. The van der Waals surface area contributed by atoms with Crippen molar-refractivity contribution in [3.05, 3.63) is 36.3 Å². The molecule has 2 aromatic rings. The minimum Gasteiger partial charge on any atom is -0.468 e. The van der Waals surface area contributed by atoms with E-state index < -0.39 is 0 Å². The lowest BCUT2D eigenvalue weighted by molar-refractivity contribution is -0.0405. The fourth-order valence-corrected chi connectivity index (χ4v) is 2.38. The molecular formula is C13H18N4O2. The number of hydrogen-bond donors (Lipinski definition) is 0. The van der Waals surface area contributed by atoms with Crippen molar-refractivity contribution in [2.75, 3.05) is 19.7 Å². The number of hydrogen-bond acceptors (Lipinski definition) is 5. The monoisotopic (exact) mass is 262 g/mol. The zero-order valence-electron chi connectivity index (χ0n) is 11.0. The Morgan fingerprint density at radius 1 is 1.47 bits per heavy atom. The van der Waals surface area contributed by atoms with Crippen LogP contribution in [0.25, 0.3) is 0 Å². The number of morpholine rings is 1. The van der Waals surface area contributed by atoms with Crippen molar-refractivity contribution < 1.29 is 9.15 Å². The number of nitrogens with zero attached hydrogens (tertiary/aromatic N) is 4. The van der Waals surface area contributed by atoms with E-state index in [1.54, 1.807) is 12.6 Å². The van der Waals surface area contributed by atoms with E-state index in [4.69, 9.17) is 9.15 Å². The Morgan fingerprint density at radius 2 is 2.42 bits per heavy atom. The fraction of sp³-hybridized carbons (Fsp3) is 0.538. The molecule has 6 heteroatoms. The molecular weight excluding hydrogens is 244 g/mol. The summed E-state index contributed by atoms with van der Waals surface area (Å²) in [4.78, 5) is 2.32. The quantitative estimate of drug-likeness (QED) is 0.835. The van der Waals surface area contributed by atoms with Crippen LogP contribution in [-0.2, 0) is 17.8 Å².